The fourth-order valence-corrected chi connectivity index (χ4v) is 2.42. The Labute approximate surface area is 121 Å². The van der Waals surface area contributed by atoms with Crippen molar-refractivity contribution in [2.45, 2.75) is 19.9 Å². The summed E-state index contributed by atoms with van der Waals surface area (Å²) in [5.74, 6) is -0.166. The van der Waals surface area contributed by atoms with Gasteiger partial charge in [-0.3, -0.25) is 14.8 Å². The van der Waals surface area contributed by atoms with Gasteiger partial charge in [-0.25, -0.2) is 4.98 Å². The van der Waals surface area contributed by atoms with E-state index in [4.69, 9.17) is 0 Å². The topological polar surface area (TPSA) is 79.8 Å². The number of amides is 1. The van der Waals surface area contributed by atoms with E-state index in [1.54, 1.807) is 24.0 Å². The second kappa shape index (κ2) is 7.06. The van der Waals surface area contributed by atoms with Crippen LogP contribution in [0.5, 0.6) is 0 Å². The average Bonchev–Trinajstić information content (AvgIpc) is 2.96. The summed E-state index contributed by atoms with van der Waals surface area (Å²) in [6.45, 7) is 5.51. The van der Waals surface area contributed by atoms with E-state index in [9.17, 15) is 4.79 Å². The zero-order valence-electron chi connectivity index (χ0n) is 11.5. The molecule has 106 valence electrons. The maximum Gasteiger partial charge on any atom is 0.270 e. The molecule has 1 atom stereocenters. The first kappa shape index (κ1) is 14.5. The molecule has 0 unspecified atom stereocenters. The van der Waals surface area contributed by atoms with E-state index in [1.807, 2.05) is 13.8 Å². The summed E-state index contributed by atoms with van der Waals surface area (Å²) < 4.78 is 0. The first-order valence-corrected chi connectivity index (χ1v) is 7.32. The minimum absolute atomic E-state index is 0.166. The maximum absolute atomic E-state index is 12.0. The van der Waals surface area contributed by atoms with Crippen molar-refractivity contribution in [1.29, 1.82) is 0 Å². The molecule has 0 aliphatic rings. The van der Waals surface area contributed by atoms with E-state index in [0.717, 1.165) is 6.54 Å². The molecule has 2 aromatic rings. The van der Waals surface area contributed by atoms with Gasteiger partial charge in [0.25, 0.3) is 5.91 Å². The molecule has 2 rings (SSSR count). The van der Waals surface area contributed by atoms with Crippen LogP contribution in [0.1, 0.15) is 24.3 Å². The zero-order valence-corrected chi connectivity index (χ0v) is 12.3. The van der Waals surface area contributed by atoms with Crippen LogP contribution in [0.3, 0.4) is 0 Å². The van der Waals surface area contributed by atoms with Crippen LogP contribution < -0.4 is 10.6 Å². The molecule has 0 aromatic carbocycles. The minimum atomic E-state index is -0.166. The van der Waals surface area contributed by atoms with Crippen LogP contribution in [0, 0.1) is 0 Å². The summed E-state index contributed by atoms with van der Waals surface area (Å²) in [4.78, 5) is 24.4. The van der Waals surface area contributed by atoms with E-state index in [0.29, 0.717) is 22.9 Å². The van der Waals surface area contributed by atoms with Crippen LogP contribution in [0.4, 0.5) is 0 Å². The van der Waals surface area contributed by atoms with Crippen LogP contribution in [-0.2, 0) is 0 Å². The highest BCUT2D eigenvalue weighted by Crippen LogP contribution is 2.20. The van der Waals surface area contributed by atoms with E-state index < -0.39 is 0 Å². The van der Waals surface area contributed by atoms with Gasteiger partial charge in [-0.05, 0) is 13.5 Å². The first-order chi connectivity index (χ1) is 9.70. The van der Waals surface area contributed by atoms with Gasteiger partial charge < -0.3 is 10.6 Å². The Bertz CT molecular complexity index is 557. The summed E-state index contributed by atoms with van der Waals surface area (Å²) >= 11 is 1.39. The van der Waals surface area contributed by atoms with Crippen molar-refractivity contribution in [3.05, 3.63) is 29.7 Å². The molecule has 2 aromatic heterocycles. The third-order valence-electron chi connectivity index (χ3n) is 2.64. The molecule has 0 saturated carbocycles. The molecule has 6 nitrogen and oxygen atoms in total. The lowest BCUT2D eigenvalue weighted by Crippen LogP contribution is -2.38. The number of thiazole rings is 1. The fraction of sp³-hybridized carbons (Fsp3) is 0.385. The second-order valence-electron chi connectivity index (χ2n) is 4.30. The van der Waals surface area contributed by atoms with Gasteiger partial charge in [-0.15, -0.1) is 11.3 Å². The summed E-state index contributed by atoms with van der Waals surface area (Å²) in [5, 5.41) is 8.52. The van der Waals surface area contributed by atoms with Gasteiger partial charge in [0.15, 0.2) is 0 Å². The summed E-state index contributed by atoms with van der Waals surface area (Å²) in [7, 11) is 0. The van der Waals surface area contributed by atoms with Crippen LogP contribution in [0.2, 0.25) is 0 Å². The number of aromatic nitrogens is 3. The Balaban J connectivity index is 1.97. The van der Waals surface area contributed by atoms with Crippen molar-refractivity contribution in [3.63, 3.8) is 0 Å². The molecule has 2 heterocycles. The number of nitrogens with zero attached hydrogens (tertiary/aromatic N) is 3. The summed E-state index contributed by atoms with van der Waals surface area (Å²) in [6, 6.07) is 0.238. The number of hydrogen-bond acceptors (Lipinski definition) is 6. The lowest BCUT2D eigenvalue weighted by atomic mass is 10.3. The molecule has 0 saturated heterocycles. The van der Waals surface area contributed by atoms with Crippen molar-refractivity contribution in [3.8, 4) is 10.7 Å². The Morgan fingerprint density at radius 2 is 2.30 bits per heavy atom. The summed E-state index contributed by atoms with van der Waals surface area (Å²) in [5.41, 5.74) is 1.09. The van der Waals surface area contributed by atoms with Crippen LogP contribution >= 0.6 is 11.3 Å². The SMILES string of the molecule is CCN[C@H](C)CNC(=O)c1csc(-c2cnccn2)n1. The van der Waals surface area contributed by atoms with Crippen molar-refractivity contribution in [1.82, 2.24) is 25.6 Å². The number of hydrogen-bond donors (Lipinski definition) is 2. The lowest BCUT2D eigenvalue weighted by Gasteiger charge is -2.12. The molecule has 0 bridgehead atoms. The maximum atomic E-state index is 12.0. The first-order valence-electron chi connectivity index (χ1n) is 6.44. The molecule has 0 fully saturated rings. The van der Waals surface area contributed by atoms with Crippen molar-refractivity contribution in [2.75, 3.05) is 13.1 Å². The predicted molar refractivity (Wildman–Crippen MR) is 78.6 cm³/mol. The largest absolute Gasteiger partial charge is 0.349 e. The Kier molecular flexibility index (Phi) is 5.14. The number of nitrogens with one attached hydrogen (secondary N) is 2. The molecule has 0 aliphatic heterocycles. The predicted octanol–water partition coefficient (Wildman–Crippen LogP) is 1.33. The standard InChI is InChI=1S/C13H17N5OS/c1-3-15-9(2)6-17-12(19)11-8-20-13(18-11)10-7-14-4-5-16-10/h4-5,7-9,15H,3,6H2,1-2H3,(H,17,19)/t9-/m1/s1. The van der Waals surface area contributed by atoms with Crippen LogP contribution in [0.25, 0.3) is 10.7 Å². The number of rotatable bonds is 6. The zero-order chi connectivity index (χ0) is 14.4. The molecule has 0 spiro atoms. The Morgan fingerprint density at radius 3 is 3.00 bits per heavy atom. The van der Waals surface area contributed by atoms with E-state index >= 15 is 0 Å². The van der Waals surface area contributed by atoms with Gasteiger partial charge in [0.2, 0.25) is 0 Å². The Hall–Kier alpha value is -1.86. The smallest absolute Gasteiger partial charge is 0.270 e. The fourth-order valence-electron chi connectivity index (χ4n) is 1.66. The highest BCUT2D eigenvalue weighted by Gasteiger charge is 2.13. The average molecular weight is 291 g/mol. The molecular formula is C13H17N5OS. The van der Waals surface area contributed by atoms with Crippen LogP contribution in [0.15, 0.2) is 24.0 Å². The van der Waals surface area contributed by atoms with Crippen molar-refractivity contribution >= 4 is 17.2 Å². The summed E-state index contributed by atoms with van der Waals surface area (Å²) in [6.07, 6.45) is 4.84. The molecule has 2 N–H and O–H groups in total. The van der Waals surface area contributed by atoms with Gasteiger partial charge in [0.1, 0.15) is 16.4 Å². The molecule has 0 aliphatic carbocycles. The van der Waals surface area contributed by atoms with Crippen molar-refractivity contribution < 1.29 is 4.79 Å². The Morgan fingerprint density at radius 1 is 1.45 bits per heavy atom. The minimum Gasteiger partial charge on any atom is -0.349 e. The van der Waals surface area contributed by atoms with Gasteiger partial charge in [0.05, 0.1) is 6.20 Å². The molecule has 7 heteroatoms. The third-order valence-corrected chi connectivity index (χ3v) is 3.51. The van der Waals surface area contributed by atoms with Gasteiger partial charge in [0, 0.05) is 30.4 Å². The van der Waals surface area contributed by atoms with E-state index in [-0.39, 0.29) is 11.9 Å². The third kappa shape index (κ3) is 3.82. The van der Waals surface area contributed by atoms with E-state index in [2.05, 4.69) is 25.6 Å². The highest BCUT2D eigenvalue weighted by atomic mass is 32.1. The highest BCUT2D eigenvalue weighted by molar-refractivity contribution is 7.13. The molecule has 20 heavy (non-hydrogen) atoms. The number of carbonyl (C=O) groups is 1. The second-order valence-corrected chi connectivity index (χ2v) is 5.16. The molecule has 0 radical (unpaired) electrons. The van der Waals surface area contributed by atoms with E-state index in [1.165, 1.54) is 11.3 Å². The van der Waals surface area contributed by atoms with Crippen molar-refractivity contribution in [2.24, 2.45) is 0 Å². The van der Waals surface area contributed by atoms with Gasteiger partial charge in [-0.2, -0.15) is 0 Å². The number of carbonyl (C=O) groups excluding carboxylic acids is 1. The van der Waals surface area contributed by atoms with Crippen LogP contribution in [-0.4, -0.2) is 40.0 Å². The molecule has 1 amide bonds. The monoisotopic (exact) mass is 291 g/mol. The van der Waals surface area contributed by atoms with Gasteiger partial charge >= 0.3 is 0 Å². The van der Waals surface area contributed by atoms with Gasteiger partial charge in [-0.1, -0.05) is 6.92 Å². The normalized spacial score (nSPS) is 12.1. The molecular weight excluding hydrogens is 274 g/mol. The number of likely N-dealkylation sites (N-methyl/N-ethyl adjacent to an activating group) is 1. The quantitative estimate of drug-likeness (QED) is 0.839. The lowest BCUT2D eigenvalue weighted by molar-refractivity contribution is 0.0946.